The molecule has 0 fully saturated rings. The minimum Gasteiger partial charge on any atom is -0.383 e. The third-order valence-electron chi connectivity index (χ3n) is 4.52. The van der Waals surface area contributed by atoms with Crippen LogP contribution in [-0.4, -0.2) is 45.5 Å². The molecule has 0 aliphatic carbocycles. The van der Waals surface area contributed by atoms with Gasteiger partial charge in [-0.1, -0.05) is 6.92 Å². The predicted octanol–water partition coefficient (Wildman–Crippen LogP) is 2.57. The molecule has 1 amide bonds. The standard InChI is InChI=1S/C18H23N5O3S2/c1-5-11-10(3)28-16-13(11)17(25)23(18(27)20-16)12-9-22(6-2)21-14(12)15(24)19-7-8-26-4/h9H,5-8H2,1-4H3,(H,19,24)(H,20,27). The summed E-state index contributed by atoms with van der Waals surface area (Å²) >= 11 is 6.98. The number of hydrogen-bond acceptors (Lipinski definition) is 6. The number of carbonyl (C=O) groups is 1. The van der Waals surface area contributed by atoms with Gasteiger partial charge in [-0.15, -0.1) is 11.3 Å². The first-order chi connectivity index (χ1) is 13.4. The molecule has 0 bridgehead atoms. The fourth-order valence-corrected chi connectivity index (χ4v) is 4.63. The summed E-state index contributed by atoms with van der Waals surface area (Å²) in [7, 11) is 1.56. The van der Waals surface area contributed by atoms with Crippen molar-refractivity contribution in [1.29, 1.82) is 0 Å². The van der Waals surface area contributed by atoms with E-state index in [1.807, 2.05) is 20.8 Å². The van der Waals surface area contributed by atoms with Crippen molar-refractivity contribution in [2.75, 3.05) is 20.3 Å². The zero-order chi connectivity index (χ0) is 20.4. The van der Waals surface area contributed by atoms with Crippen molar-refractivity contribution in [3.05, 3.63) is 37.5 Å². The van der Waals surface area contributed by atoms with Gasteiger partial charge in [0.25, 0.3) is 11.5 Å². The monoisotopic (exact) mass is 421 g/mol. The van der Waals surface area contributed by atoms with Crippen LogP contribution in [0, 0.1) is 11.7 Å². The number of carbonyl (C=O) groups excluding carboxylic acids is 1. The first-order valence-electron chi connectivity index (χ1n) is 9.05. The van der Waals surface area contributed by atoms with Crippen LogP contribution < -0.4 is 10.9 Å². The van der Waals surface area contributed by atoms with Gasteiger partial charge in [-0.25, -0.2) is 4.57 Å². The molecule has 0 aliphatic heterocycles. The van der Waals surface area contributed by atoms with Crippen LogP contribution in [0.5, 0.6) is 0 Å². The molecule has 0 unspecified atom stereocenters. The van der Waals surface area contributed by atoms with Gasteiger partial charge in [-0.3, -0.25) is 14.3 Å². The van der Waals surface area contributed by atoms with Gasteiger partial charge in [0.1, 0.15) is 10.5 Å². The Hall–Kier alpha value is -2.30. The number of hydrogen-bond donors (Lipinski definition) is 2. The van der Waals surface area contributed by atoms with E-state index in [4.69, 9.17) is 17.0 Å². The summed E-state index contributed by atoms with van der Waals surface area (Å²) in [6.45, 7) is 7.21. The molecule has 0 saturated heterocycles. The highest BCUT2D eigenvalue weighted by Crippen LogP contribution is 2.28. The molecule has 3 aromatic heterocycles. The third kappa shape index (κ3) is 3.54. The topological polar surface area (TPSA) is 93.9 Å². The van der Waals surface area contributed by atoms with Crippen LogP contribution >= 0.6 is 23.6 Å². The lowest BCUT2D eigenvalue weighted by Gasteiger charge is -2.08. The summed E-state index contributed by atoms with van der Waals surface area (Å²) in [5.41, 5.74) is 1.29. The minimum absolute atomic E-state index is 0.156. The summed E-state index contributed by atoms with van der Waals surface area (Å²) in [4.78, 5) is 31.0. The minimum atomic E-state index is -0.377. The van der Waals surface area contributed by atoms with Crippen molar-refractivity contribution in [3.8, 4) is 5.69 Å². The summed E-state index contributed by atoms with van der Waals surface area (Å²) in [5, 5.41) is 7.71. The number of aromatic nitrogens is 4. The molecule has 0 radical (unpaired) electrons. The lowest BCUT2D eigenvalue weighted by atomic mass is 10.1. The van der Waals surface area contributed by atoms with Crippen LogP contribution in [0.3, 0.4) is 0 Å². The number of ether oxygens (including phenoxy) is 1. The molecule has 2 N–H and O–H groups in total. The predicted molar refractivity (Wildman–Crippen MR) is 112 cm³/mol. The van der Waals surface area contributed by atoms with Crippen molar-refractivity contribution in [1.82, 2.24) is 24.6 Å². The van der Waals surface area contributed by atoms with Gasteiger partial charge in [0.15, 0.2) is 10.5 Å². The lowest BCUT2D eigenvalue weighted by Crippen LogP contribution is -2.29. The van der Waals surface area contributed by atoms with Crippen LogP contribution in [0.2, 0.25) is 0 Å². The van der Waals surface area contributed by atoms with Gasteiger partial charge in [0, 0.05) is 25.1 Å². The highest BCUT2D eigenvalue weighted by molar-refractivity contribution is 7.71. The van der Waals surface area contributed by atoms with Crippen molar-refractivity contribution >= 4 is 39.7 Å². The lowest BCUT2D eigenvalue weighted by molar-refractivity contribution is 0.0931. The van der Waals surface area contributed by atoms with Gasteiger partial charge in [-0.05, 0) is 38.0 Å². The Kier molecular flexibility index (Phi) is 6.11. The first kappa shape index (κ1) is 20.4. The Morgan fingerprint density at radius 3 is 2.82 bits per heavy atom. The average molecular weight is 422 g/mol. The second-order valence-corrected chi connectivity index (χ2v) is 7.84. The van der Waals surface area contributed by atoms with Crippen molar-refractivity contribution in [3.63, 3.8) is 0 Å². The number of aromatic amines is 1. The van der Waals surface area contributed by atoms with Crippen molar-refractivity contribution in [2.45, 2.75) is 33.7 Å². The Labute approximate surface area is 171 Å². The molecule has 0 saturated carbocycles. The van der Waals surface area contributed by atoms with Crippen molar-refractivity contribution in [2.24, 2.45) is 0 Å². The summed E-state index contributed by atoms with van der Waals surface area (Å²) in [6, 6.07) is 0. The van der Waals surface area contributed by atoms with Crippen LogP contribution in [0.1, 0.15) is 34.8 Å². The van der Waals surface area contributed by atoms with Crippen LogP contribution in [0.15, 0.2) is 11.0 Å². The fraction of sp³-hybridized carbons (Fsp3) is 0.444. The molecule has 150 valence electrons. The Balaban J connectivity index is 2.22. The number of aryl methyl sites for hydroxylation is 3. The second kappa shape index (κ2) is 8.38. The summed E-state index contributed by atoms with van der Waals surface area (Å²) in [5.74, 6) is -0.377. The van der Waals surface area contributed by atoms with E-state index in [1.54, 1.807) is 18.0 Å². The second-order valence-electron chi connectivity index (χ2n) is 6.23. The molecule has 0 atom stereocenters. The maximum Gasteiger partial charge on any atom is 0.274 e. The molecule has 0 aromatic carbocycles. The van der Waals surface area contributed by atoms with E-state index < -0.39 is 0 Å². The Morgan fingerprint density at radius 2 is 2.18 bits per heavy atom. The zero-order valence-corrected chi connectivity index (χ0v) is 17.9. The SMILES string of the molecule is CCc1c(C)sc2[nH]c(=S)n(-c3cn(CC)nc3C(=O)NCCOC)c(=O)c12. The van der Waals surface area contributed by atoms with Crippen molar-refractivity contribution < 1.29 is 9.53 Å². The molecule has 8 nitrogen and oxygen atoms in total. The zero-order valence-electron chi connectivity index (χ0n) is 16.3. The smallest absolute Gasteiger partial charge is 0.274 e. The van der Waals surface area contributed by atoms with Gasteiger partial charge >= 0.3 is 0 Å². The number of fused-ring (bicyclic) bond motifs is 1. The number of amides is 1. The van der Waals surface area contributed by atoms with E-state index in [9.17, 15) is 9.59 Å². The molecule has 0 aliphatic rings. The number of H-pyrrole nitrogens is 1. The highest BCUT2D eigenvalue weighted by atomic mass is 32.1. The van der Waals surface area contributed by atoms with E-state index >= 15 is 0 Å². The molecule has 3 heterocycles. The van der Waals surface area contributed by atoms with Gasteiger partial charge in [0.05, 0.1) is 18.2 Å². The molecule has 0 spiro atoms. The van der Waals surface area contributed by atoms with Crippen LogP contribution in [-0.2, 0) is 17.7 Å². The van der Waals surface area contributed by atoms with E-state index in [1.165, 1.54) is 15.9 Å². The van der Waals surface area contributed by atoms with Gasteiger partial charge < -0.3 is 15.0 Å². The maximum absolute atomic E-state index is 13.4. The Bertz CT molecular complexity index is 1140. The Morgan fingerprint density at radius 1 is 1.43 bits per heavy atom. The number of nitrogens with one attached hydrogen (secondary N) is 2. The number of rotatable bonds is 7. The third-order valence-corrected chi connectivity index (χ3v) is 5.86. The van der Waals surface area contributed by atoms with Crippen LogP contribution in [0.4, 0.5) is 0 Å². The maximum atomic E-state index is 13.4. The normalized spacial score (nSPS) is 11.3. The molecular formula is C18H23N5O3S2. The molecule has 3 rings (SSSR count). The average Bonchev–Trinajstić information content (AvgIpc) is 3.22. The first-order valence-corrected chi connectivity index (χ1v) is 10.3. The number of methoxy groups -OCH3 is 1. The van der Waals surface area contributed by atoms with E-state index in [0.717, 1.165) is 21.7 Å². The highest BCUT2D eigenvalue weighted by Gasteiger charge is 2.22. The summed E-state index contributed by atoms with van der Waals surface area (Å²) < 4.78 is 8.19. The molecule has 28 heavy (non-hydrogen) atoms. The number of nitrogens with zero attached hydrogens (tertiary/aromatic N) is 3. The largest absolute Gasteiger partial charge is 0.383 e. The number of thiophene rings is 1. The van der Waals surface area contributed by atoms with Gasteiger partial charge in [-0.2, -0.15) is 5.10 Å². The quantitative estimate of drug-likeness (QED) is 0.452. The summed E-state index contributed by atoms with van der Waals surface area (Å²) in [6.07, 6.45) is 2.41. The van der Waals surface area contributed by atoms with Crippen LogP contribution in [0.25, 0.3) is 15.9 Å². The molecule has 10 heteroatoms. The van der Waals surface area contributed by atoms with E-state index in [2.05, 4.69) is 15.4 Å². The molecular weight excluding hydrogens is 398 g/mol. The molecule has 3 aromatic rings. The van der Waals surface area contributed by atoms with E-state index in [-0.39, 0.29) is 21.9 Å². The van der Waals surface area contributed by atoms with Gasteiger partial charge in [0.2, 0.25) is 0 Å². The van der Waals surface area contributed by atoms with E-state index in [0.29, 0.717) is 30.8 Å². The fourth-order valence-electron chi connectivity index (χ4n) is 3.14.